The van der Waals surface area contributed by atoms with Gasteiger partial charge in [0.05, 0.1) is 17.5 Å². The van der Waals surface area contributed by atoms with Crippen molar-refractivity contribution in [2.45, 2.75) is 47.6 Å². The maximum atomic E-state index is 12.4. The van der Waals surface area contributed by atoms with Crippen LogP contribution in [0.2, 0.25) is 0 Å². The average molecular weight is 434 g/mol. The van der Waals surface area contributed by atoms with Crippen LogP contribution in [-0.2, 0) is 9.59 Å². The summed E-state index contributed by atoms with van der Waals surface area (Å²) < 4.78 is 11.0. The molecule has 0 fully saturated rings. The first-order valence-electron chi connectivity index (χ1n) is 9.85. The number of hydrogen-bond acceptors (Lipinski definition) is 6. The van der Waals surface area contributed by atoms with Crippen LogP contribution in [0.15, 0.2) is 28.8 Å². The van der Waals surface area contributed by atoms with Gasteiger partial charge in [-0.3, -0.25) is 9.59 Å². The van der Waals surface area contributed by atoms with Crippen LogP contribution in [-0.4, -0.2) is 41.1 Å². The number of nitrogens with one attached hydrogen (secondary N) is 2. The predicted molar refractivity (Wildman–Crippen MR) is 120 cm³/mol. The largest absolute Gasteiger partial charge is 0.491 e. The molecule has 8 heteroatoms. The fourth-order valence-electron chi connectivity index (χ4n) is 2.78. The van der Waals surface area contributed by atoms with Crippen molar-refractivity contribution in [1.29, 1.82) is 0 Å². The Kier molecular flexibility index (Phi) is 8.34. The molecule has 30 heavy (non-hydrogen) atoms. The number of carbonyl (C=O) groups is 2. The molecule has 1 atom stereocenters. The molecule has 2 aromatic rings. The first-order chi connectivity index (χ1) is 14.1. The average Bonchev–Trinajstić information content (AvgIpc) is 3.04. The van der Waals surface area contributed by atoms with Crippen LogP contribution in [0.3, 0.4) is 0 Å². The van der Waals surface area contributed by atoms with Crippen molar-refractivity contribution in [3.63, 3.8) is 0 Å². The Bertz CT molecular complexity index is 853. The van der Waals surface area contributed by atoms with Gasteiger partial charge in [-0.15, -0.1) is 11.8 Å². The molecule has 0 saturated heterocycles. The van der Waals surface area contributed by atoms with Gasteiger partial charge in [-0.1, -0.05) is 44.1 Å². The zero-order valence-corrected chi connectivity index (χ0v) is 19.3. The maximum absolute atomic E-state index is 12.4. The Balaban J connectivity index is 1.82. The van der Waals surface area contributed by atoms with E-state index in [1.807, 2.05) is 32.0 Å². The van der Waals surface area contributed by atoms with Gasteiger partial charge in [0, 0.05) is 6.07 Å². The number of ether oxygens (including phenoxy) is 1. The van der Waals surface area contributed by atoms with Gasteiger partial charge < -0.3 is 19.9 Å². The summed E-state index contributed by atoms with van der Waals surface area (Å²) in [5.41, 5.74) is 1.95. The van der Waals surface area contributed by atoms with Crippen LogP contribution in [0, 0.1) is 26.2 Å². The van der Waals surface area contributed by atoms with E-state index >= 15 is 0 Å². The molecular formula is C22H31N3O4S. The molecule has 7 nitrogen and oxygen atoms in total. The summed E-state index contributed by atoms with van der Waals surface area (Å²) >= 11 is 1.24. The molecule has 1 aromatic carbocycles. The summed E-state index contributed by atoms with van der Waals surface area (Å²) in [5.74, 6) is 1.82. The van der Waals surface area contributed by atoms with Crippen molar-refractivity contribution >= 4 is 29.4 Å². The highest BCUT2D eigenvalue weighted by atomic mass is 32.2. The molecule has 0 bridgehead atoms. The Morgan fingerprint density at radius 1 is 1.13 bits per heavy atom. The first kappa shape index (κ1) is 23.8. The fraction of sp³-hybridized carbons (Fsp3) is 0.500. The molecule has 2 rings (SSSR count). The van der Waals surface area contributed by atoms with E-state index < -0.39 is 0 Å². The number of carbonyl (C=O) groups excluding carboxylic acids is 2. The van der Waals surface area contributed by atoms with Crippen molar-refractivity contribution < 1.29 is 18.8 Å². The van der Waals surface area contributed by atoms with E-state index in [0.717, 1.165) is 16.9 Å². The van der Waals surface area contributed by atoms with Gasteiger partial charge in [-0.05, 0) is 37.3 Å². The van der Waals surface area contributed by atoms with Crippen LogP contribution >= 0.6 is 11.8 Å². The fourth-order valence-corrected chi connectivity index (χ4v) is 3.41. The lowest BCUT2D eigenvalue weighted by molar-refractivity contribution is -0.120. The molecule has 0 aliphatic rings. The lowest BCUT2D eigenvalue weighted by atomic mass is 9.87. The number of rotatable bonds is 9. The number of aryl methyl sites for hydroxylation is 3. The summed E-state index contributed by atoms with van der Waals surface area (Å²) in [7, 11) is 0. The highest BCUT2D eigenvalue weighted by Crippen LogP contribution is 2.25. The molecule has 0 spiro atoms. The van der Waals surface area contributed by atoms with Crippen LogP contribution in [0.4, 0.5) is 5.82 Å². The highest BCUT2D eigenvalue weighted by molar-refractivity contribution is 8.00. The molecule has 1 aromatic heterocycles. The van der Waals surface area contributed by atoms with Crippen molar-refractivity contribution in [3.8, 4) is 5.75 Å². The monoisotopic (exact) mass is 433 g/mol. The minimum absolute atomic E-state index is 0.130. The molecule has 2 amide bonds. The Labute approximate surface area is 182 Å². The topological polar surface area (TPSA) is 93.5 Å². The van der Waals surface area contributed by atoms with E-state index in [1.54, 1.807) is 13.0 Å². The third-order valence-corrected chi connectivity index (χ3v) is 5.48. The highest BCUT2D eigenvalue weighted by Gasteiger charge is 2.27. The number of thioether (sulfide) groups is 1. The van der Waals surface area contributed by atoms with Gasteiger partial charge in [0.1, 0.15) is 18.1 Å². The Hall–Kier alpha value is -2.48. The van der Waals surface area contributed by atoms with E-state index in [2.05, 4.69) is 36.6 Å². The lowest BCUT2D eigenvalue weighted by Gasteiger charge is -2.31. The number of aromatic nitrogens is 1. The molecule has 0 unspecified atom stereocenters. The Morgan fingerprint density at radius 3 is 2.33 bits per heavy atom. The third kappa shape index (κ3) is 7.40. The second-order valence-corrected chi connectivity index (χ2v) is 9.37. The summed E-state index contributed by atoms with van der Waals surface area (Å²) in [6, 6.07) is 7.48. The van der Waals surface area contributed by atoms with Crippen molar-refractivity contribution in [3.05, 3.63) is 41.2 Å². The van der Waals surface area contributed by atoms with Gasteiger partial charge in [-0.2, -0.15) is 0 Å². The van der Waals surface area contributed by atoms with Crippen molar-refractivity contribution in [1.82, 2.24) is 10.5 Å². The van der Waals surface area contributed by atoms with E-state index in [9.17, 15) is 9.59 Å². The minimum atomic E-state index is -0.230. The number of anilines is 1. The summed E-state index contributed by atoms with van der Waals surface area (Å²) in [6.07, 6.45) is 0. The van der Waals surface area contributed by atoms with Gasteiger partial charge >= 0.3 is 0 Å². The van der Waals surface area contributed by atoms with Crippen LogP contribution in [0.25, 0.3) is 0 Å². The second kappa shape index (κ2) is 10.5. The summed E-state index contributed by atoms with van der Waals surface area (Å²) in [5, 5.41) is 9.40. The van der Waals surface area contributed by atoms with Crippen molar-refractivity contribution in [2.75, 3.05) is 23.4 Å². The van der Waals surface area contributed by atoms with Crippen LogP contribution < -0.4 is 15.4 Å². The SMILES string of the molecule is Cc1cc(NC(=O)CSCC(=O)N[C@H](COc2c(C)cccc2C)C(C)(C)C)no1. The van der Waals surface area contributed by atoms with Gasteiger partial charge in [0.25, 0.3) is 0 Å². The third-order valence-electron chi connectivity index (χ3n) is 4.55. The van der Waals surface area contributed by atoms with E-state index in [-0.39, 0.29) is 34.8 Å². The van der Waals surface area contributed by atoms with Crippen molar-refractivity contribution in [2.24, 2.45) is 5.41 Å². The molecule has 1 heterocycles. The van der Waals surface area contributed by atoms with Crippen LogP contribution in [0.1, 0.15) is 37.7 Å². The summed E-state index contributed by atoms with van der Waals surface area (Å²) in [4.78, 5) is 24.4. The quantitative estimate of drug-likeness (QED) is 0.623. The van der Waals surface area contributed by atoms with Gasteiger partial charge in [0.2, 0.25) is 11.8 Å². The van der Waals surface area contributed by atoms with E-state index in [1.165, 1.54) is 11.8 Å². The molecule has 2 N–H and O–H groups in total. The molecule has 0 aliphatic heterocycles. The van der Waals surface area contributed by atoms with E-state index in [4.69, 9.17) is 9.26 Å². The smallest absolute Gasteiger partial charge is 0.235 e. The lowest BCUT2D eigenvalue weighted by Crippen LogP contribution is -2.48. The number of nitrogens with zero attached hydrogens (tertiary/aromatic N) is 1. The molecular weight excluding hydrogens is 402 g/mol. The standard InChI is InChI=1S/C22H31N3O4S/c1-14-8-7-9-15(2)21(14)28-11-17(22(4,5)6)23-19(26)12-30-13-20(27)24-18-10-16(3)29-25-18/h7-10,17H,11-13H2,1-6H3,(H,23,26)(H,24,25,27)/t17-/m1/s1. The molecule has 0 saturated carbocycles. The number of hydrogen-bond donors (Lipinski definition) is 2. The second-order valence-electron chi connectivity index (χ2n) is 8.38. The number of amides is 2. The predicted octanol–water partition coefficient (Wildman–Crippen LogP) is 3.88. The molecule has 164 valence electrons. The van der Waals surface area contributed by atoms with Crippen LogP contribution in [0.5, 0.6) is 5.75 Å². The van der Waals surface area contributed by atoms with Gasteiger partial charge in [-0.25, -0.2) is 0 Å². The van der Waals surface area contributed by atoms with E-state index in [0.29, 0.717) is 18.2 Å². The number of benzene rings is 1. The normalized spacial score (nSPS) is 12.3. The minimum Gasteiger partial charge on any atom is -0.491 e. The number of para-hydroxylation sites is 1. The first-order valence-corrected chi connectivity index (χ1v) is 11.0. The molecule has 0 radical (unpaired) electrons. The Morgan fingerprint density at radius 2 is 1.77 bits per heavy atom. The zero-order chi connectivity index (χ0) is 22.3. The maximum Gasteiger partial charge on any atom is 0.235 e. The van der Waals surface area contributed by atoms with Gasteiger partial charge in [0.15, 0.2) is 5.82 Å². The molecule has 0 aliphatic carbocycles. The summed E-state index contributed by atoms with van der Waals surface area (Å²) in [6.45, 7) is 12.3. The zero-order valence-electron chi connectivity index (χ0n) is 18.5.